The molecule has 0 atom stereocenters. The van der Waals surface area contributed by atoms with Crippen molar-refractivity contribution < 1.29 is 28.5 Å². The topological polar surface area (TPSA) is 104 Å². The van der Waals surface area contributed by atoms with Gasteiger partial charge in [0, 0.05) is 11.6 Å². The predicted octanol–water partition coefficient (Wildman–Crippen LogP) is 6.76. The summed E-state index contributed by atoms with van der Waals surface area (Å²) in [5.41, 5.74) is 2.36. The average molecular weight is 742 g/mol. The summed E-state index contributed by atoms with van der Waals surface area (Å²) >= 11 is 5.25. The van der Waals surface area contributed by atoms with Crippen molar-refractivity contribution in [3.8, 4) is 28.7 Å². The Kier molecular flexibility index (Phi) is 9.32. The van der Waals surface area contributed by atoms with Gasteiger partial charge in [-0.05, 0) is 98.4 Å². The molecule has 190 valence electrons. The molecule has 11 heteroatoms. The lowest BCUT2D eigenvalue weighted by atomic mass is 10.2. The summed E-state index contributed by atoms with van der Waals surface area (Å²) in [5.74, 6) is 0.985. The first-order chi connectivity index (χ1) is 17.9. The van der Waals surface area contributed by atoms with Crippen LogP contribution in [0.5, 0.6) is 17.2 Å². The second-order valence-electron chi connectivity index (χ2n) is 7.48. The molecule has 37 heavy (non-hydrogen) atoms. The van der Waals surface area contributed by atoms with E-state index in [2.05, 4.69) is 55.4 Å². The number of nitrogens with zero attached hydrogens (tertiary/aromatic N) is 2. The fraction of sp³-hybridized carbons (Fsp3) is 0.115. The van der Waals surface area contributed by atoms with Crippen LogP contribution in [0.1, 0.15) is 11.1 Å². The number of ether oxygens (including phenoxy) is 3. The maximum Gasteiger partial charge on any atom is 0.342 e. The molecule has 0 aliphatic carbocycles. The number of carboxylic acids is 1. The number of aromatic nitrogens is 2. The first-order valence-electron chi connectivity index (χ1n) is 10.7. The minimum Gasteiger partial charge on any atom is -0.497 e. The van der Waals surface area contributed by atoms with Crippen molar-refractivity contribution in [1.82, 2.24) is 10.2 Å². The Morgan fingerprint density at radius 3 is 2.24 bits per heavy atom. The predicted molar refractivity (Wildman–Crippen MR) is 157 cm³/mol. The monoisotopic (exact) mass is 742 g/mol. The molecule has 8 nitrogen and oxygen atoms in total. The van der Waals surface area contributed by atoms with E-state index in [1.165, 1.54) is 0 Å². The van der Waals surface area contributed by atoms with E-state index >= 15 is 0 Å². The summed E-state index contributed by atoms with van der Waals surface area (Å²) < 4.78 is 24.1. The summed E-state index contributed by atoms with van der Waals surface area (Å²) in [6.07, 6.45) is 1.57. The van der Waals surface area contributed by atoms with Gasteiger partial charge in [-0.15, -0.1) is 10.2 Å². The molecule has 0 radical (unpaired) electrons. The number of carbonyl (C=O) groups is 1. The maximum absolute atomic E-state index is 12.0. The molecule has 0 bridgehead atoms. The highest BCUT2D eigenvalue weighted by molar-refractivity contribution is 14.1. The Morgan fingerprint density at radius 1 is 1.00 bits per heavy atom. The van der Waals surface area contributed by atoms with Gasteiger partial charge in [-0.25, -0.2) is 4.79 Å². The van der Waals surface area contributed by atoms with Crippen LogP contribution in [0.4, 0.5) is 0 Å². The molecule has 0 saturated carbocycles. The fourth-order valence-corrected chi connectivity index (χ4v) is 6.01. The van der Waals surface area contributed by atoms with E-state index in [9.17, 15) is 9.90 Å². The Bertz CT molecular complexity index is 1400. The molecule has 0 amide bonds. The minimum atomic E-state index is -1.11. The van der Waals surface area contributed by atoms with Crippen molar-refractivity contribution in [3.05, 3.63) is 83.8 Å². The van der Waals surface area contributed by atoms with Gasteiger partial charge in [-0.1, -0.05) is 30.3 Å². The molecular formula is C26H20I2N2O6S. The summed E-state index contributed by atoms with van der Waals surface area (Å²) in [6.45, 7) is 0.441. The van der Waals surface area contributed by atoms with Gasteiger partial charge >= 0.3 is 5.97 Å². The number of hydrogen-bond donors (Lipinski definition) is 1. The van der Waals surface area contributed by atoms with E-state index < -0.39 is 5.97 Å². The zero-order chi connectivity index (χ0) is 26.4. The van der Waals surface area contributed by atoms with E-state index in [4.69, 9.17) is 18.6 Å². The smallest absolute Gasteiger partial charge is 0.342 e. The Labute approximate surface area is 244 Å². The van der Waals surface area contributed by atoms with Crippen LogP contribution < -0.4 is 14.2 Å². The minimum absolute atomic E-state index is 0.0305. The highest BCUT2D eigenvalue weighted by Gasteiger charge is 2.18. The summed E-state index contributed by atoms with van der Waals surface area (Å²) in [5, 5.41) is 18.0. The van der Waals surface area contributed by atoms with Gasteiger partial charge in [0.25, 0.3) is 5.22 Å². The first-order valence-corrected chi connectivity index (χ1v) is 13.7. The molecule has 0 saturated heterocycles. The lowest BCUT2D eigenvalue weighted by molar-refractivity contribution is -0.131. The molecule has 1 heterocycles. The third-order valence-corrected chi connectivity index (χ3v) is 7.41. The molecule has 3 aromatic carbocycles. The zero-order valence-corrected chi connectivity index (χ0v) is 24.7. The van der Waals surface area contributed by atoms with Crippen LogP contribution in [0.25, 0.3) is 17.5 Å². The van der Waals surface area contributed by atoms with Crippen LogP contribution in [-0.4, -0.2) is 35.5 Å². The van der Waals surface area contributed by atoms with Gasteiger partial charge in [-0.2, -0.15) is 0 Å². The van der Waals surface area contributed by atoms with Gasteiger partial charge in [0.1, 0.15) is 28.8 Å². The highest BCUT2D eigenvalue weighted by Crippen LogP contribution is 2.35. The molecule has 0 aliphatic heterocycles. The highest BCUT2D eigenvalue weighted by atomic mass is 127. The number of benzene rings is 3. The van der Waals surface area contributed by atoms with Crippen molar-refractivity contribution in [2.75, 3.05) is 14.2 Å². The van der Waals surface area contributed by atoms with E-state index in [0.717, 1.165) is 30.2 Å². The lowest BCUT2D eigenvalue weighted by Gasteiger charge is -2.12. The van der Waals surface area contributed by atoms with Gasteiger partial charge in [0.15, 0.2) is 0 Å². The van der Waals surface area contributed by atoms with Gasteiger partial charge in [-0.3, -0.25) is 0 Å². The van der Waals surface area contributed by atoms with Crippen molar-refractivity contribution >= 4 is 69.0 Å². The molecule has 1 aromatic heterocycles. The number of hydrogen-bond acceptors (Lipinski definition) is 8. The molecule has 1 N–H and O–H groups in total. The molecule has 0 aliphatic rings. The van der Waals surface area contributed by atoms with Crippen LogP contribution >= 0.6 is 56.9 Å². The Morgan fingerprint density at radius 2 is 1.65 bits per heavy atom. The van der Waals surface area contributed by atoms with Crippen molar-refractivity contribution in [2.45, 2.75) is 11.8 Å². The second kappa shape index (κ2) is 12.6. The van der Waals surface area contributed by atoms with E-state index in [0.29, 0.717) is 29.2 Å². The maximum atomic E-state index is 12.0. The standard InChI is InChI=1S/C26H20I2N2O6S/c1-33-18-11-17(12-19(13-18)34-2)24-29-30-26(36-24)37-22(25(31)32)10-16-8-20(27)23(21(28)9-16)35-14-15-6-4-3-5-7-15/h3-13H,14H2,1-2H3,(H,31,32)/b22-10-. The third-order valence-electron chi connectivity index (χ3n) is 4.96. The molecule has 4 rings (SSSR count). The quantitative estimate of drug-likeness (QED) is 0.107. The zero-order valence-electron chi connectivity index (χ0n) is 19.6. The number of aliphatic carboxylic acids is 1. The van der Waals surface area contributed by atoms with Crippen LogP contribution in [-0.2, 0) is 11.4 Å². The summed E-state index contributed by atoms with van der Waals surface area (Å²) in [4.78, 5) is 12.0. The Hall–Kier alpha value is -2.78. The molecule has 4 aromatic rings. The SMILES string of the molecule is COc1cc(OC)cc(-c2nnc(S/C(=C\c3cc(I)c(OCc4ccccc4)c(I)c3)C(=O)O)o2)c1. The number of halogens is 2. The molecular weight excluding hydrogens is 722 g/mol. The van der Waals surface area contributed by atoms with E-state index in [-0.39, 0.29) is 16.0 Å². The second-order valence-corrected chi connectivity index (χ2v) is 10.8. The van der Waals surface area contributed by atoms with Crippen molar-refractivity contribution in [2.24, 2.45) is 0 Å². The van der Waals surface area contributed by atoms with Crippen LogP contribution in [0.2, 0.25) is 0 Å². The Balaban J connectivity index is 1.54. The summed E-state index contributed by atoms with van der Waals surface area (Å²) in [7, 11) is 3.09. The van der Waals surface area contributed by atoms with Crippen molar-refractivity contribution in [3.63, 3.8) is 0 Å². The van der Waals surface area contributed by atoms with Gasteiger partial charge in [0.2, 0.25) is 5.89 Å². The van der Waals surface area contributed by atoms with Gasteiger partial charge < -0.3 is 23.7 Å². The van der Waals surface area contributed by atoms with E-state index in [1.807, 2.05) is 42.5 Å². The fourth-order valence-electron chi connectivity index (χ4n) is 3.21. The van der Waals surface area contributed by atoms with Crippen LogP contribution in [0, 0.1) is 7.14 Å². The molecule has 0 fully saturated rings. The normalized spacial score (nSPS) is 11.3. The number of methoxy groups -OCH3 is 2. The first kappa shape index (κ1) is 27.3. The van der Waals surface area contributed by atoms with Gasteiger partial charge in [0.05, 0.1) is 21.4 Å². The van der Waals surface area contributed by atoms with Crippen LogP contribution in [0.15, 0.2) is 75.2 Å². The lowest BCUT2D eigenvalue weighted by Crippen LogP contribution is -2.00. The summed E-state index contributed by atoms with van der Waals surface area (Å²) in [6, 6.07) is 18.8. The number of carboxylic acid groups (broad SMARTS) is 1. The van der Waals surface area contributed by atoms with Crippen molar-refractivity contribution in [1.29, 1.82) is 0 Å². The van der Waals surface area contributed by atoms with E-state index in [1.54, 1.807) is 38.5 Å². The van der Waals surface area contributed by atoms with Crippen LogP contribution in [0.3, 0.4) is 0 Å². The number of thioether (sulfide) groups is 1. The molecule has 0 spiro atoms. The largest absolute Gasteiger partial charge is 0.497 e. The average Bonchev–Trinajstić information content (AvgIpc) is 3.36. The molecule has 0 unspecified atom stereocenters. The third kappa shape index (κ3) is 7.17. The number of rotatable bonds is 10.